The summed E-state index contributed by atoms with van der Waals surface area (Å²) >= 11 is 2.08. The lowest BCUT2D eigenvalue weighted by Crippen LogP contribution is -2.03. The second-order valence-electron chi connectivity index (χ2n) is 5.04. The fraction of sp³-hybridized carbons (Fsp3) is 0.214. The summed E-state index contributed by atoms with van der Waals surface area (Å²) in [6.07, 6.45) is 3.42. The highest BCUT2D eigenvalue weighted by molar-refractivity contribution is 14.1. The third kappa shape index (κ3) is 2.31. The van der Waals surface area contributed by atoms with Crippen LogP contribution in [0.4, 0.5) is 0 Å². The number of H-pyrrole nitrogens is 1. The predicted molar refractivity (Wildman–Crippen MR) is 87.4 cm³/mol. The molecule has 2 aromatic heterocycles. The molecule has 0 unspecified atom stereocenters. The van der Waals surface area contributed by atoms with Crippen molar-refractivity contribution in [2.24, 2.45) is 0 Å². The highest BCUT2D eigenvalue weighted by Crippen LogP contribution is 2.31. The molecule has 2 heterocycles. The zero-order chi connectivity index (χ0) is 15.1. The molecule has 0 radical (unpaired) electrons. The van der Waals surface area contributed by atoms with Crippen LogP contribution >= 0.6 is 22.6 Å². The highest BCUT2D eigenvalue weighted by Gasteiger charge is 2.20. The molecule has 0 aliphatic rings. The van der Waals surface area contributed by atoms with Gasteiger partial charge in [-0.2, -0.15) is 10.2 Å². The lowest BCUT2D eigenvalue weighted by Gasteiger charge is -2.09. The maximum absolute atomic E-state index is 11.6. The number of rotatable bonds is 3. The van der Waals surface area contributed by atoms with Gasteiger partial charge in [-0.1, -0.05) is 0 Å². The van der Waals surface area contributed by atoms with Crippen molar-refractivity contribution in [3.63, 3.8) is 0 Å². The highest BCUT2D eigenvalue weighted by atomic mass is 127. The number of benzene rings is 1. The van der Waals surface area contributed by atoms with Crippen LogP contribution in [0.1, 0.15) is 30.2 Å². The van der Waals surface area contributed by atoms with E-state index in [2.05, 4.69) is 37.9 Å². The molecular weight excluding hydrogens is 383 g/mol. The van der Waals surface area contributed by atoms with Crippen molar-refractivity contribution in [3.8, 4) is 11.1 Å². The molecule has 108 valence electrons. The fourth-order valence-electron chi connectivity index (χ4n) is 2.36. The van der Waals surface area contributed by atoms with Gasteiger partial charge in [0.25, 0.3) is 0 Å². The average Bonchev–Trinajstić information content (AvgIpc) is 3.06. The van der Waals surface area contributed by atoms with E-state index in [1.807, 2.05) is 24.6 Å². The Morgan fingerprint density at radius 2 is 2.14 bits per heavy atom. The molecule has 0 saturated carbocycles. The number of nitrogens with zero attached hydrogens (tertiary/aromatic N) is 3. The van der Waals surface area contributed by atoms with Gasteiger partial charge in [-0.25, -0.2) is 4.79 Å². The number of carboxylic acid groups (broad SMARTS) is 1. The van der Waals surface area contributed by atoms with Gasteiger partial charge in [0.05, 0.1) is 17.3 Å². The molecule has 0 amide bonds. The van der Waals surface area contributed by atoms with Crippen LogP contribution in [-0.2, 0) is 0 Å². The summed E-state index contributed by atoms with van der Waals surface area (Å²) in [6, 6.07) is 3.78. The van der Waals surface area contributed by atoms with Crippen molar-refractivity contribution in [3.05, 3.63) is 33.8 Å². The summed E-state index contributed by atoms with van der Waals surface area (Å²) < 4.78 is 2.56. The van der Waals surface area contributed by atoms with Crippen molar-refractivity contribution >= 4 is 39.5 Å². The van der Waals surface area contributed by atoms with E-state index in [0.717, 1.165) is 16.6 Å². The number of halogens is 1. The van der Waals surface area contributed by atoms with Gasteiger partial charge >= 0.3 is 5.97 Å². The maximum atomic E-state index is 11.6. The number of hydrogen-bond acceptors (Lipinski definition) is 3. The van der Waals surface area contributed by atoms with Gasteiger partial charge in [0.2, 0.25) is 0 Å². The molecule has 1 aromatic carbocycles. The molecule has 0 aliphatic carbocycles. The summed E-state index contributed by atoms with van der Waals surface area (Å²) in [7, 11) is 0. The normalized spacial score (nSPS) is 11.4. The monoisotopic (exact) mass is 396 g/mol. The van der Waals surface area contributed by atoms with Crippen LogP contribution < -0.4 is 0 Å². The van der Waals surface area contributed by atoms with Gasteiger partial charge in [-0.15, -0.1) is 0 Å². The quantitative estimate of drug-likeness (QED) is 0.666. The molecule has 3 aromatic rings. The number of hydrogen-bond donors (Lipinski definition) is 2. The van der Waals surface area contributed by atoms with Crippen LogP contribution in [-0.4, -0.2) is 31.1 Å². The smallest absolute Gasteiger partial charge is 0.336 e. The summed E-state index contributed by atoms with van der Waals surface area (Å²) in [5, 5.41) is 21.3. The first-order valence-corrected chi connectivity index (χ1v) is 7.51. The van der Waals surface area contributed by atoms with Gasteiger partial charge in [-0.05, 0) is 54.1 Å². The van der Waals surface area contributed by atoms with Crippen molar-refractivity contribution in [1.29, 1.82) is 0 Å². The molecule has 0 spiro atoms. The van der Waals surface area contributed by atoms with Gasteiger partial charge in [0.1, 0.15) is 3.70 Å². The molecule has 0 bridgehead atoms. The van der Waals surface area contributed by atoms with Gasteiger partial charge in [0, 0.05) is 23.2 Å². The van der Waals surface area contributed by atoms with E-state index >= 15 is 0 Å². The lowest BCUT2D eigenvalue weighted by atomic mass is 10.0. The second kappa shape index (κ2) is 5.14. The number of aromatic carboxylic acids is 1. The van der Waals surface area contributed by atoms with E-state index in [4.69, 9.17) is 0 Å². The number of fused-ring (bicyclic) bond motifs is 1. The molecule has 7 heteroatoms. The first kappa shape index (κ1) is 14.1. The lowest BCUT2D eigenvalue weighted by molar-refractivity contribution is 0.0699. The zero-order valence-electron chi connectivity index (χ0n) is 11.5. The third-order valence-corrected chi connectivity index (χ3v) is 4.07. The van der Waals surface area contributed by atoms with Crippen molar-refractivity contribution in [1.82, 2.24) is 20.0 Å². The van der Waals surface area contributed by atoms with Crippen LogP contribution in [0, 0.1) is 3.70 Å². The van der Waals surface area contributed by atoms with E-state index < -0.39 is 5.97 Å². The van der Waals surface area contributed by atoms with Crippen molar-refractivity contribution in [2.45, 2.75) is 19.9 Å². The van der Waals surface area contributed by atoms with E-state index in [9.17, 15) is 9.90 Å². The Morgan fingerprint density at radius 3 is 2.71 bits per heavy atom. The number of carboxylic acids is 1. The molecule has 0 saturated heterocycles. The minimum Gasteiger partial charge on any atom is -0.478 e. The number of aromatic amines is 1. The molecule has 0 fully saturated rings. The van der Waals surface area contributed by atoms with E-state index in [1.165, 1.54) is 0 Å². The fourth-order valence-corrected chi connectivity index (χ4v) is 3.16. The minimum atomic E-state index is -0.952. The minimum absolute atomic E-state index is 0.150. The van der Waals surface area contributed by atoms with Crippen LogP contribution in [0.3, 0.4) is 0 Å². The van der Waals surface area contributed by atoms with Gasteiger partial charge < -0.3 is 5.11 Å². The van der Waals surface area contributed by atoms with E-state index in [-0.39, 0.29) is 11.6 Å². The average molecular weight is 396 g/mol. The molecule has 2 N–H and O–H groups in total. The summed E-state index contributed by atoms with van der Waals surface area (Å²) in [5.41, 5.74) is 2.75. The van der Waals surface area contributed by atoms with Gasteiger partial charge in [0.15, 0.2) is 0 Å². The second-order valence-corrected chi connectivity index (χ2v) is 6.06. The van der Waals surface area contributed by atoms with Crippen LogP contribution in [0.2, 0.25) is 0 Å². The summed E-state index contributed by atoms with van der Waals surface area (Å²) in [6.45, 7) is 4.04. The Balaban J connectivity index is 2.39. The molecule has 21 heavy (non-hydrogen) atoms. The first-order chi connectivity index (χ1) is 9.99. The van der Waals surface area contributed by atoms with Crippen LogP contribution in [0.15, 0.2) is 24.5 Å². The maximum Gasteiger partial charge on any atom is 0.336 e. The van der Waals surface area contributed by atoms with Crippen LogP contribution in [0.5, 0.6) is 0 Å². The van der Waals surface area contributed by atoms with Crippen LogP contribution in [0.25, 0.3) is 22.0 Å². The van der Waals surface area contributed by atoms with E-state index in [0.29, 0.717) is 9.09 Å². The third-order valence-electron chi connectivity index (χ3n) is 3.32. The Labute approximate surface area is 134 Å². The van der Waals surface area contributed by atoms with Crippen molar-refractivity contribution < 1.29 is 9.90 Å². The molecule has 6 nitrogen and oxygen atoms in total. The topological polar surface area (TPSA) is 83.8 Å². The Hall–Kier alpha value is -1.90. The molecule has 0 aliphatic heterocycles. The molecular formula is C14H13IN4O2. The Kier molecular flexibility index (Phi) is 3.44. The van der Waals surface area contributed by atoms with Gasteiger partial charge in [-0.3, -0.25) is 9.78 Å². The zero-order valence-corrected chi connectivity index (χ0v) is 13.6. The standard InChI is InChI=1S/C14H13IN4O2/c1-7(2)19-11-4-8(9-5-16-17-6-9)3-10(14(20)21)12(11)13(15)18-19/h3-7H,1-2H3,(H,16,17)(H,20,21). The number of nitrogens with one attached hydrogen (secondary N) is 1. The molecule has 0 atom stereocenters. The number of aromatic nitrogens is 4. The summed E-state index contributed by atoms with van der Waals surface area (Å²) in [5.74, 6) is -0.952. The predicted octanol–water partition coefficient (Wildman–Crippen LogP) is 3.31. The summed E-state index contributed by atoms with van der Waals surface area (Å²) in [4.78, 5) is 11.6. The Bertz CT molecular complexity index is 821. The Morgan fingerprint density at radius 1 is 1.38 bits per heavy atom. The molecule has 3 rings (SSSR count). The SMILES string of the molecule is CC(C)n1nc(I)c2c(C(=O)O)cc(-c3cn[nH]c3)cc21. The first-order valence-electron chi connectivity index (χ1n) is 6.43. The van der Waals surface area contributed by atoms with Crippen molar-refractivity contribution in [2.75, 3.05) is 0 Å². The number of carbonyl (C=O) groups is 1. The van der Waals surface area contributed by atoms with E-state index in [1.54, 1.807) is 18.5 Å². The largest absolute Gasteiger partial charge is 0.478 e.